The highest BCUT2D eigenvalue weighted by atomic mass is 32.1. The van der Waals surface area contributed by atoms with Gasteiger partial charge in [0.1, 0.15) is 7.05 Å². The first-order valence-corrected chi connectivity index (χ1v) is 9.07. The van der Waals surface area contributed by atoms with Crippen molar-refractivity contribution in [2.45, 2.75) is 6.92 Å². The standard InChI is InChI=1S/C20H18N2O4S/c1-13(9-15-10-16(22(24)25)11-18(26-3)19(15)23)20-21(2)17(12-27-20)14-7-5-4-6-8-14/h4-12H,1-3H3/p+1. The molecule has 0 bridgehead atoms. The zero-order chi connectivity index (χ0) is 19.6. The van der Waals surface area contributed by atoms with Gasteiger partial charge in [-0.3, -0.25) is 10.1 Å². The third-order valence-corrected chi connectivity index (χ3v) is 5.41. The largest absolute Gasteiger partial charge is 0.504 e. The SMILES string of the molecule is COc1cc([N+](=O)[O-])cc(/C=C(\C)c2scc(-c3ccccc3)[n+]2C)c1O. The van der Waals surface area contributed by atoms with Crippen LogP contribution in [0.3, 0.4) is 0 Å². The van der Waals surface area contributed by atoms with Gasteiger partial charge >= 0.3 is 0 Å². The van der Waals surface area contributed by atoms with E-state index in [2.05, 4.69) is 9.95 Å². The first-order valence-electron chi connectivity index (χ1n) is 8.19. The van der Waals surface area contributed by atoms with E-state index in [1.807, 2.05) is 44.3 Å². The van der Waals surface area contributed by atoms with Crippen LogP contribution in [0.4, 0.5) is 5.69 Å². The summed E-state index contributed by atoms with van der Waals surface area (Å²) in [6, 6.07) is 12.6. The van der Waals surface area contributed by atoms with Crippen LogP contribution in [0.5, 0.6) is 11.5 Å². The second-order valence-electron chi connectivity index (χ2n) is 6.02. The van der Waals surface area contributed by atoms with E-state index >= 15 is 0 Å². The number of phenolic OH excluding ortho intramolecular Hbond substituents is 1. The molecule has 138 valence electrons. The molecule has 1 N–H and O–H groups in total. The number of benzene rings is 2. The fraction of sp³-hybridized carbons (Fsp3) is 0.150. The van der Waals surface area contributed by atoms with Crippen LogP contribution in [-0.4, -0.2) is 17.1 Å². The van der Waals surface area contributed by atoms with Crippen LogP contribution in [0.25, 0.3) is 22.9 Å². The Morgan fingerprint density at radius 2 is 2.00 bits per heavy atom. The average Bonchev–Trinajstić information content (AvgIpc) is 3.05. The molecule has 7 heteroatoms. The first kappa shape index (κ1) is 18.6. The quantitative estimate of drug-likeness (QED) is 0.402. The molecule has 6 nitrogen and oxygen atoms in total. The molecular weight excluding hydrogens is 364 g/mol. The molecular formula is C20H19N2O4S+. The number of nitro groups is 1. The maximum absolute atomic E-state index is 11.1. The summed E-state index contributed by atoms with van der Waals surface area (Å²) < 4.78 is 7.13. The van der Waals surface area contributed by atoms with Crippen molar-refractivity contribution in [1.82, 2.24) is 0 Å². The van der Waals surface area contributed by atoms with Crippen molar-refractivity contribution in [2.75, 3.05) is 7.11 Å². The number of allylic oxidation sites excluding steroid dienone is 1. The lowest BCUT2D eigenvalue weighted by atomic mass is 10.1. The summed E-state index contributed by atoms with van der Waals surface area (Å²) in [4.78, 5) is 10.6. The topological polar surface area (TPSA) is 76.5 Å². The Hall–Kier alpha value is -3.19. The van der Waals surface area contributed by atoms with E-state index in [0.29, 0.717) is 5.56 Å². The second-order valence-corrected chi connectivity index (χ2v) is 6.88. The van der Waals surface area contributed by atoms with Gasteiger partial charge in [0.05, 0.1) is 23.5 Å². The number of nitro benzene ring substituents is 1. The Balaban J connectivity index is 2.06. The van der Waals surface area contributed by atoms with Crippen molar-refractivity contribution in [3.05, 3.63) is 68.5 Å². The molecule has 0 radical (unpaired) electrons. The lowest BCUT2D eigenvalue weighted by molar-refractivity contribution is -0.657. The van der Waals surface area contributed by atoms with Gasteiger partial charge < -0.3 is 9.84 Å². The minimum atomic E-state index is -0.507. The molecule has 0 spiro atoms. The van der Waals surface area contributed by atoms with Crippen LogP contribution in [0.2, 0.25) is 0 Å². The molecule has 0 amide bonds. The van der Waals surface area contributed by atoms with Gasteiger partial charge in [0.15, 0.2) is 11.5 Å². The molecule has 0 aliphatic carbocycles. The Bertz CT molecular complexity index is 1030. The van der Waals surface area contributed by atoms with E-state index in [0.717, 1.165) is 21.8 Å². The summed E-state index contributed by atoms with van der Waals surface area (Å²) in [6.07, 6.45) is 1.73. The van der Waals surface area contributed by atoms with Gasteiger partial charge in [-0.2, -0.15) is 4.57 Å². The van der Waals surface area contributed by atoms with Crippen molar-refractivity contribution >= 4 is 28.7 Å². The van der Waals surface area contributed by atoms with Crippen LogP contribution in [-0.2, 0) is 7.05 Å². The molecule has 3 rings (SSSR count). The summed E-state index contributed by atoms with van der Waals surface area (Å²) >= 11 is 1.57. The Kier molecular flexibility index (Phi) is 5.23. The fourth-order valence-electron chi connectivity index (χ4n) is 2.89. The van der Waals surface area contributed by atoms with Crippen LogP contribution in [0.15, 0.2) is 47.8 Å². The summed E-state index contributed by atoms with van der Waals surface area (Å²) in [5.74, 6) is -0.0475. The second kappa shape index (κ2) is 7.59. The smallest absolute Gasteiger partial charge is 0.274 e. The van der Waals surface area contributed by atoms with E-state index in [1.54, 1.807) is 17.4 Å². The lowest BCUT2D eigenvalue weighted by Gasteiger charge is -2.07. The van der Waals surface area contributed by atoms with Crippen LogP contribution in [0.1, 0.15) is 17.5 Å². The van der Waals surface area contributed by atoms with Gasteiger partial charge in [-0.05, 0) is 25.1 Å². The molecule has 0 aliphatic heterocycles. The van der Waals surface area contributed by atoms with Crippen molar-refractivity contribution < 1.29 is 19.3 Å². The van der Waals surface area contributed by atoms with Gasteiger partial charge in [0.2, 0.25) is 5.69 Å². The van der Waals surface area contributed by atoms with Gasteiger partial charge in [0.25, 0.3) is 10.7 Å². The molecule has 0 saturated heterocycles. The van der Waals surface area contributed by atoms with E-state index in [1.165, 1.54) is 19.2 Å². The third-order valence-electron chi connectivity index (χ3n) is 4.25. The van der Waals surface area contributed by atoms with Crippen LogP contribution < -0.4 is 9.30 Å². The number of thiazole rings is 1. The number of hydrogen-bond donors (Lipinski definition) is 1. The molecule has 1 aromatic heterocycles. The summed E-state index contributed by atoms with van der Waals surface area (Å²) in [7, 11) is 3.34. The van der Waals surface area contributed by atoms with Crippen LogP contribution in [0, 0.1) is 10.1 Å². The highest BCUT2D eigenvalue weighted by Crippen LogP contribution is 2.37. The van der Waals surface area contributed by atoms with Gasteiger partial charge in [-0.1, -0.05) is 29.5 Å². The van der Waals surface area contributed by atoms with Crippen molar-refractivity contribution in [3.8, 4) is 22.8 Å². The van der Waals surface area contributed by atoms with Gasteiger partial charge in [0, 0.05) is 22.8 Å². The van der Waals surface area contributed by atoms with Crippen molar-refractivity contribution in [1.29, 1.82) is 0 Å². The maximum Gasteiger partial charge on any atom is 0.274 e. The molecule has 0 atom stereocenters. The lowest BCUT2D eigenvalue weighted by Crippen LogP contribution is -2.31. The predicted molar refractivity (Wildman–Crippen MR) is 106 cm³/mol. The predicted octanol–water partition coefficient (Wildman–Crippen LogP) is 4.42. The molecule has 0 fully saturated rings. The molecule has 0 unspecified atom stereocenters. The minimum Gasteiger partial charge on any atom is -0.504 e. The Morgan fingerprint density at radius 3 is 2.63 bits per heavy atom. The van der Waals surface area contributed by atoms with Gasteiger partial charge in [-0.25, -0.2) is 0 Å². The maximum atomic E-state index is 11.1. The number of phenols is 1. The van der Waals surface area contributed by atoms with Crippen molar-refractivity contribution in [3.63, 3.8) is 0 Å². The molecule has 3 aromatic rings. The van der Waals surface area contributed by atoms with E-state index in [4.69, 9.17) is 4.74 Å². The Labute approximate surface area is 160 Å². The number of ether oxygens (including phenoxy) is 1. The minimum absolute atomic E-state index is 0.0729. The number of aromatic nitrogens is 1. The molecule has 2 aromatic carbocycles. The highest BCUT2D eigenvalue weighted by Gasteiger charge is 2.21. The first-order chi connectivity index (χ1) is 12.9. The zero-order valence-electron chi connectivity index (χ0n) is 15.2. The number of methoxy groups -OCH3 is 1. The molecule has 1 heterocycles. The van der Waals surface area contributed by atoms with E-state index in [9.17, 15) is 15.2 Å². The summed E-state index contributed by atoms with van der Waals surface area (Å²) in [5, 5.41) is 24.5. The normalized spacial score (nSPS) is 11.4. The molecule has 0 aliphatic rings. The number of nitrogens with zero attached hydrogens (tertiary/aromatic N) is 2. The summed E-state index contributed by atoms with van der Waals surface area (Å²) in [6.45, 7) is 1.91. The number of rotatable bonds is 5. The van der Waals surface area contributed by atoms with Crippen molar-refractivity contribution in [2.24, 2.45) is 7.05 Å². The third kappa shape index (κ3) is 3.68. The van der Waals surface area contributed by atoms with Crippen LogP contribution >= 0.6 is 11.3 Å². The van der Waals surface area contributed by atoms with Gasteiger partial charge in [-0.15, -0.1) is 0 Å². The average molecular weight is 383 g/mol. The fourth-order valence-corrected chi connectivity index (χ4v) is 3.91. The monoisotopic (exact) mass is 383 g/mol. The number of hydrogen-bond acceptors (Lipinski definition) is 5. The highest BCUT2D eigenvalue weighted by molar-refractivity contribution is 7.10. The molecule has 0 saturated carbocycles. The van der Waals surface area contributed by atoms with E-state index < -0.39 is 4.92 Å². The van der Waals surface area contributed by atoms with E-state index in [-0.39, 0.29) is 17.2 Å². The summed E-state index contributed by atoms with van der Waals surface area (Å²) in [5.41, 5.74) is 3.26. The number of aromatic hydroxyl groups is 1. The molecule has 27 heavy (non-hydrogen) atoms. The Morgan fingerprint density at radius 1 is 1.30 bits per heavy atom. The zero-order valence-corrected chi connectivity index (χ0v) is 16.0. The number of non-ortho nitro benzene ring substituents is 1.